The number of hydrogen-bond donors (Lipinski definition) is 0. The summed E-state index contributed by atoms with van der Waals surface area (Å²) in [5.74, 6) is 1.16. The van der Waals surface area contributed by atoms with Crippen molar-refractivity contribution >= 4 is 45.2 Å². The number of fused-ring (bicyclic) bond motifs is 1. The van der Waals surface area contributed by atoms with Crippen LogP contribution in [0.3, 0.4) is 0 Å². The number of rotatable bonds is 9. The molecular weight excluding hydrogens is 420 g/mol. The van der Waals surface area contributed by atoms with Gasteiger partial charge in [0, 0.05) is 5.75 Å². The first-order valence-corrected chi connectivity index (χ1v) is 11.7. The molecule has 0 aliphatic rings. The predicted octanol–water partition coefficient (Wildman–Crippen LogP) is 4.03. The molecule has 0 fully saturated rings. The van der Waals surface area contributed by atoms with Crippen molar-refractivity contribution in [2.75, 3.05) is 19.0 Å². The number of ether oxygens (including phenoxy) is 2. The first-order chi connectivity index (χ1) is 14.6. The van der Waals surface area contributed by atoms with Gasteiger partial charge in [-0.05, 0) is 37.6 Å². The average molecular weight is 445 g/mol. The summed E-state index contributed by atoms with van der Waals surface area (Å²) in [5.41, 5.74) is 1.98. The molecule has 1 amide bonds. The molecule has 1 heterocycles. The second-order valence-corrected chi connectivity index (χ2v) is 8.32. The number of aromatic nitrogens is 1. The largest absolute Gasteiger partial charge is 0.494 e. The van der Waals surface area contributed by atoms with Gasteiger partial charge < -0.3 is 14.0 Å². The van der Waals surface area contributed by atoms with Gasteiger partial charge in [0.15, 0.2) is 4.80 Å². The Morgan fingerprint density at radius 3 is 2.63 bits per heavy atom. The fraction of sp³-hybridized carbons (Fsp3) is 0.318. The van der Waals surface area contributed by atoms with Gasteiger partial charge in [0.2, 0.25) is 0 Å². The van der Waals surface area contributed by atoms with Crippen LogP contribution in [0.1, 0.15) is 19.4 Å². The van der Waals surface area contributed by atoms with Crippen LogP contribution in [0.15, 0.2) is 53.5 Å². The van der Waals surface area contributed by atoms with Crippen molar-refractivity contribution < 1.29 is 19.1 Å². The van der Waals surface area contributed by atoms with Crippen molar-refractivity contribution in [1.82, 2.24) is 4.57 Å². The second kappa shape index (κ2) is 11.0. The van der Waals surface area contributed by atoms with Gasteiger partial charge in [-0.3, -0.25) is 9.59 Å². The minimum Gasteiger partial charge on any atom is -0.494 e. The van der Waals surface area contributed by atoms with Gasteiger partial charge in [0.05, 0.1) is 29.2 Å². The Kier molecular flexibility index (Phi) is 8.10. The van der Waals surface area contributed by atoms with E-state index in [4.69, 9.17) is 9.47 Å². The van der Waals surface area contributed by atoms with Gasteiger partial charge >= 0.3 is 5.97 Å². The number of hydrogen-bond acceptors (Lipinski definition) is 6. The number of esters is 1. The lowest BCUT2D eigenvalue weighted by molar-refractivity contribution is -0.143. The van der Waals surface area contributed by atoms with E-state index < -0.39 is 0 Å². The molecule has 0 radical (unpaired) electrons. The van der Waals surface area contributed by atoms with E-state index in [1.807, 2.05) is 55.5 Å². The van der Waals surface area contributed by atoms with Gasteiger partial charge in [-0.1, -0.05) is 41.7 Å². The number of thioether (sulfide) groups is 1. The number of amides is 1. The molecule has 0 saturated heterocycles. The van der Waals surface area contributed by atoms with E-state index in [0.717, 1.165) is 27.3 Å². The maximum Gasteiger partial charge on any atom is 0.326 e. The van der Waals surface area contributed by atoms with Crippen molar-refractivity contribution in [3.8, 4) is 5.75 Å². The third kappa shape index (κ3) is 5.96. The van der Waals surface area contributed by atoms with Crippen LogP contribution in [0.5, 0.6) is 5.75 Å². The number of thiazole rings is 1. The lowest BCUT2D eigenvalue weighted by Gasteiger charge is -2.06. The molecule has 0 N–H and O–H groups in total. The molecule has 0 saturated carbocycles. The van der Waals surface area contributed by atoms with Crippen LogP contribution in [0.2, 0.25) is 0 Å². The molecule has 0 bridgehead atoms. The quantitative estimate of drug-likeness (QED) is 0.466. The molecule has 6 nitrogen and oxygen atoms in total. The zero-order valence-electron chi connectivity index (χ0n) is 17.0. The summed E-state index contributed by atoms with van der Waals surface area (Å²) in [5, 5.41) is 0. The summed E-state index contributed by atoms with van der Waals surface area (Å²) in [6, 6.07) is 15.6. The molecule has 0 aliphatic heterocycles. The highest BCUT2D eigenvalue weighted by atomic mass is 32.2. The van der Waals surface area contributed by atoms with Crippen LogP contribution >= 0.6 is 23.1 Å². The van der Waals surface area contributed by atoms with E-state index in [0.29, 0.717) is 18.0 Å². The molecule has 2 aromatic carbocycles. The third-order valence-electron chi connectivity index (χ3n) is 4.12. The zero-order chi connectivity index (χ0) is 21.3. The Hall–Kier alpha value is -2.58. The number of nitrogens with zero attached hydrogens (tertiary/aromatic N) is 2. The maximum atomic E-state index is 12.5. The maximum absolute atomic E-state index is 12.5. The Balaban J connectivity index is 1.83. The second-order valence-electron chi connectivity index (χ2n) is 6.32. The van der Waals surface area contributed by atoms with Crippen molar-refractivity contribution in [3.63, 3.8) is 0 Å². The van der Waals surface area contributed by atoms with Crippen molar-refractivity contribution in [2.45, 2.75) is 26.1 Å². The van der Waals surface area contributed by atoms with Crippen molar-refractivity contribution in [1.29, 1.82) is 0 Å². The van der Waals surface area contributed by atoms with Crippen LogP contribution in [-0.2, 0) is 26.6 Å². The minimum atomic E-state index is -0.363. The first-order valence-electron chi connectivity index (χ1n) is 9.71. The van der Waals surface area contributed by atoms with E-state index in [1.54, 1.807) is 11.5 Å². The van der Waals surface area contributed by atoms with E-state index in [9.17, 15) is 9.59 Å². The Bertz CT molecular complexity index is 1070. The molecule has 8 heteroatoms. The molecule has 0 unspecified atom stereocenters. The number of benzene rings is 2. The topological polar surface area (TPSA) is 69.9 Å². The molecule has 158 valence electrons. The fourth-order valence-electron chi connectivity index (χ4n) is 2.85. The highest BCUT2D eigenvalue weighted by molar-refractivity contribution is 7.99. The fourth-order valence-corrected chi connectivity index (χ4v) is 4.70. The van der Waals surface area contributed by atoms with Crippen molar-refractivity contribution in [3.05, 3.63) is 58.9 Å². The van der Waals surface area contributed by atoms with E-state index in [2.05, 4.69) is 4.99 Å². The molecule has 0 atom stereocenters. The molecule has 0 spiro atoms. The van der Waals surface area contributed by atoms with E-state index in [-0.39, 0.29) is 24.2 Å². The molecule has 3 aromatic rings. The minimum absolute atomic E-state index is 0.00505. The Morgan fingerprint density at radius 1 is 1.10 bits per heavy atom. The summed E-state index contributed by atoms with van der Waals surface area (Å²) in [7, 11) is 0. The normalized spacial score (nSPS) is 11.6. The molecule has 3 rings (SSSR count). The van der Waals surface area contributed by atoms with Crippen LogP contribution < -0.4 is 9.54 Å². The molecule has 30 heavy (non-hydrogen) atoms. The van der Waals surface area contributed by atoms with Crippen LogP contribution in [0, 0.1) is 0 Å². The highest BCUT2D eigenvalue weighted by Gasteiger charge is 2.13. The number of carbonyl (C=O) groups is 2. The molecular formula is C22H24N2O4S2. The number of carbonyl (C=O) groups excluding carboxylic acids is 2. The Labute approximate surface area is 183 Å². The smallest absolute Gasteiger partial charge is 0.326 e. The summed E-state index contributed by atoms with van der Waals surface area (Å²) >= 11 is 2.88. The average Bonchev–Trinajstić information content (AvgIpc) is 3.05. The lowest BCUT2D eigenvalue weighted by Crippen LogP contribution is -2.23. The van der Waals surface area contributed by atoms with Crippen LogP contribution in [-0.4, -0.2) is 35.4 Å². The van der Waals surface area contributed by atoms with Crippen LogP contribution in [0.4, 0.5) is 0 Å². The zero-order valence-corrected chi connectivity index (χ0v) is 18.6. The van der Waals surface area contributed by atoms with E-state index >= 15 is 0 Å². The van der Waals surface area contributed by atoms with E-state index in [1.165, 1.54) is 23.1 Å². The summed E-state index contributed by atoms with van der Waals surface area (Å²) in [4.78, 5) is 29.3. The van der Waals surface area contributed by atoms with Crippen molar-refractivity contribution in [2.24, 2.45) is 4.99 Å². The standard InChI is InChI=1S/C22H24N2O4S2/c1-3-27-17-10-11-18-19(12-17)30-22(24(18)13-21(26)28-4-2)23-20(25)15-29-14-16-8-6-5-7-9-16/h5-12H,3-4,13-15H2,1-2H3. The van der Waals surface area contributed by atoms with Gasteiger partial charge in [0.25, 0.3) is 5.91 Å². The van der Waals surface area contributed by atoms with Crippen LogP contribution in [0.25, 0.3) is 10.2 Å². The Morgan fingerprint density at radius 2 is 1.90 bits per heavy atom. The third-order valence-corrected chi connectivity index (χ3v) is 6.14. The van der Waals surface area contributed by atoms with Gasteiger partial charge in [0.1, 0.15) is 12.3 Å². The van der Waals surface area contributed by atoms with Gasteiger partial charge in [-0.2, -0.15) is 4.99 Å². The van der Waals surface area contributed by atoms with Gasteiger partial charge in [-0.25, -0.2) is 0 Å². The molecule has 1 aromatic heterocycles. The summed E-state index contributed by atoms with van der Waals surface area (Å²) < 4.78 is 13.3. The predicted molar refractivity (Wildman–Crippen MR) is 121 cm³/mol. The molecule has 0 aliphatic carbocycles. The SMILES string of the molecule is CCOC(=O)Cn1c(=NC(=O)CSCc2ccccc2)sc2cc(OCC)ccc21. The lowest BCUT2D eigenvalue weighted by atomic mass is 10.2. The monoisotopic (exact) mass is 444 g/mol. The first kappa shape index (κ1) is 22.1. The highest BCUT2D eigenvalue weighted by Crippen LogP contribution is 2.23. The summed E-state index contributed by atoms with van der Waals surface area (Å²) in [6.45, 7) is 4.56. The van der Waals surface area contributed by atoms with Gasteiger partial charge in [-0.15, -0.1) is 11.8 Å². The summed E-state index contributed by atoms with van der Waals surface area (Å²) in [6.07, 6.45) is 0.